The second-order valence-electron chi connectivity index (χ2n) is 20.9. The molecule has 1 unspecified atom stereocenters. The number of carbonyl (C=O) groups is 3. The van der Waals surface area contributed by atoms with Crippen molar-refractivity contribution in [1.29, 1.82) is 0 Å². The van der Waals surface area contributed by atoms with Crippen molar-refractivity contribution in [3.63, 3.8) is 0 Å². The molecule has 0 rings (SSSR count). The molecule has 74 heavy (non-hydrogen) atoms. The molecule has 0 spiro atoms. The summed E-state index contributed by atoms with van der Waals surface area (Å²) in [5.41, 5.74) is 0. The van der Waals surface area contributed by atoms with Crippen LogP contribution in [0.2, 0.25) is 0 Å². The van der Waals surface area contributed by atoms with Crippen molar-refractivity contribution in [1.82, 2.24) is 0 Å². The predicted octanol–water partition coefficient (Wildman–Crippen LogP) is 21.5. The second-order valence-corrected chi connectivity index (χ2v) is 20.9. The van der Waals surface area contributed by atoms with Crippen LogP contribution in [0.25, 0.3) is 0 Å². The molecule has 0 aliphatic carbocycles. The molecule has 0 aliphatic rings. The van der Waals surface area contributed by atoms with Gasteiger partial charge in [-0.3, -0.25) is 14.4 Å². The maximum absolute atomic E-state index is 12.9. The van der Waals surface area contributed by atoms with E-state index in [1.807, 2.05) is 0 Å². The lowest BCUT2D eigenvalue weighted by Gasteiger charge is -2.18. The quantitative estimate of drug-likeness (QED) is 0.0261. The molecule has 0 fully saturated rings. The summed E-state index contributed by atoms with van der Waals surface area (Å²) in [4.78, 5) is 38.3. The first-order valence-electron chi connectivity index (χ1n) is 31.6. The van der Waals surface area contributed by atoms with Gasteiger partial charge in [0.2, 0.25) is 0 Å². The predicted molar refractivity (Wildman–Crippen MR) is 321 cm³/mol. The zero-order valence-electron chi connectivity index (χ0n) is 48.8. The first kappa shape index (κ1) is 70.6. The highest BCUT2D eigenvalue weighted by Gasteiger charge is 2.19. The maximum atomic E-state index is 12.9. The molecule has 6 heteroatoms. The van der Waals surface area contributed by atoms with Gasteiger partial charge in [-0.05, 0) is 116 Å². The minimum atomic E-state index is -0.785. The van der Waals surface area contributed by atoms with E-state index in [0.717, 1.165) is 103 Å². The summed E-state index contributed by atoms with van der Waals surface area (Å²) in [5, 5.41) is 0. The zero-order chi connectivity index (χ0) is 53.6. The summed E-state index contributed by atoms with van der Waals surface area (Å²) in [6.45, 7) is 6.51. The van der Waals surface area contributed by atoms with Crippen LogP contribution >= 0.6 is 0 Å². The molecular weight excluding hydrogens is 913 g/mol. The fourth-order valence-corrected chi connectivity index (χ4v) is 8.87. The number of esters is 3. The molecule has 1 atom stereocenters. The molecule has 0 heterocycles. The first-order chi connectivity index (χ1) is 36.5. The number of hydrogen-bond donors (Lipinski definition) is 0. The molecule has 0 aromatic carbocycles. The van der Waals surface area contributed by atoms with Gasteiger partial charge in [-0.15, -0.1) is 0 Å². The molecular formula is C68H118O6. The van der Waals surface area contributed by atoms with E-state index in [1.165, 1.54) is 167 Å². The molecule has 0 N–H and O–H groups in total. The molecule has 0 radical (unpaired) electrons. The molecule has 0 aromatic heterocycles. The maximum Gasteiger partial charge on any atom is 0.306 e. The van der Waals surface area contributed by atoms with E-state index in [0.29, 0.717) is 19.3 Å². The molecule has 0 saturated carbocycles. The summed E-state index contributed by atoms with van der Waals surface area (Å²) in [6, 6.07) is 0. The first-order valence-corrected chi connectivity index (χ1v) is 31.6. The third kappa shape index (κ3) is 59.5. The molecule has 6 nitrogen and oxygen atoms in total. The fourth-order valence-electron chi connectivity index (χ4n) is 8.87. The van der Waals surface area contributed by atoms with Gasteiger partial charge in [0.1, 0.15) is 13.2 Å². The van der Waals surface area contributed by atoms with Crippen LogP contribution in [0, 0.1) is 0 Å². The van der Waals surface area contributed by atoms with Gasteiger partial charge in [0, 0.05) is 19.3 Å². The molecule has 426 valence electrons. The average molecular weight is 1030 g/mol. The summed E-state index contributed by atoms with van der Waals surface area (Å²) in [5.74, 6) is -0.889. The summed E-state index contributed by atoms with van der Waals surface area (Å²) < 4.78 is 16.9. The Balaban J connectivity index is 4.32. The highest BCUT2D eigenvalue weighted by molar-refractivity contribution is 5.71. The number of rotatable bonds is 57. The van der Waals surface area contributed by atoms with E-state index in [2.05, 4.69) is 106 Å². The molecule has 0 saturated heterocycles. The van der Waals surface area contributed by atoms with Crippen molar-refractivity contribution in [3.8, 4) is 0 Å². The highest BCUT2D eigenvalue weighted by atomic mass is 16.6. The average Bonchev–Trinajstić information content (AvgIpc) is 3.40. The lowest BCUT2D eigenvalue weighted by atomic mass is 10.0. The van der Waals surface area contributed by atoms with Crippen molar-refractivity contribution < 1.29 is 28.6 Å². The Labute approximate surface area is 458 Å². The van der Waals surface area contributed by atoms with Gasteiger partial charge in [-0.1, -0.05) is 260 Å². The summed E-state index contributed by atoms with van der Waals surface area (Å²) in [7, 11) is 0. The Bertz CT molecular complexity index is 1420. The highest BCUT2D eigenvalue weighted by Crippen LogP contribution is 2.16. The molecule has 0 amide bonds. The molecule has 0 aromatic rings. The lowest BCUT2D eigenvalue weighted by molar-refractivity contribution is -0.167. The van der Waals surface area contributed by atoms with Crippen LogP contribution in [-0.4, -0.2) is 37.2 Å². The van der Waals surface area contributed by atoms with E-state index in [-0.39, 0.29) is 31.1 Å². The van der Waals surface area contributed by atoms with Gasteiger partial charge >= 0.3 is 17.9 Å². The van der Waals surface area contributed by atoms with Gasteiger partial charge < -0.3 is 14.2 Å². The van der Waals surface area contributed by atoms with Gasteiger partial charge in [0.15, 0.2) is 6.10 Å². The minimum absolute atomic E-state index is 0.0820. The standard InChI is InChI=1S/C68H118O6/c1-4-7-10-13-16-19-22-25-28-30-31-32-33-34-35-36-37-39-40-43-46-49-52-55-58-61-67(70)73-64-65(63-72-66(69)60-57-54-51-48-45-42-27-24-21-18-15-12-9-6-3)74-68(71)62-59-56-53-50-47-44-41-38-29-26-23-20-17-14-11-8-5-2/h7,10,16-17,19-20,24-29,31-32,65H,4-6,8-9,11-15,18,21-23,30,33-64H2,1-3H3/b10-7-,19-16-,20-17-,27-24-,28-25-,29-26-,32-31-. The Morgan fingerprint density at radius 2 is 0.527 bits per heavy atom. The van der Waals surface area contributed by atoms with Crippen LogP contribution in [0.1, 0.15) is 310 Å². The van der Waals surface area contributed by atoms with Gasteiger partial charge in [0.25, 0.3) is 0 Å². The van der Waals surface area contributed by atoms with Crippen LogP contribution in [0.15, 0.2) is 85.1 Å². The number of carbonyl (C=O) groups excluding carboxylic acids is 3. The third-order valence-electron chi connectivity index (χ3n) is 13.6. The van der Waals surface area contributed by atoms with Crippen LogP contribution in [0.4, 0.5) is 0 Å². The SMILES string of the molecule is CC/C=C\C/C=C\C/C=C\C/C=C\CCCCCCCCCCCCCCC(=O)OCC(COC(=O)CCCCCCC/C=C\CCCCCCC)OC(=O)CCCCCCCCC/C=C\C/C=C\CCCCC. The normalized spacial score (nSPS) is 12.6. The van der Waals surface area contributed by atoms with Crippen molar-refractivity contribution in [2.24, 2.45) is 0 Å². The Morgan fingerprint density at radius 3 is 0.865 bits per heavy atom. The topological polar surface area (TPSA) is 78.9 Å². The lowest BCUT2D eigenvalue weighted by Crippen LogP contribution is -2.30. The van der Waals surface area contributed by atoms with E-state index < -0.39 is 6.10 Å². The molecule has 0 aliphatic heterocycles. The van der Waals surface area contributed by atoms with Crippen LogP contribution in [0.3, 0.4) is 0 Å². The van der Waals surface area contributed by atoms with Crippen molar-refractivity contribution in [2.45, 2.75) is 316 Å². The van der Waals surface area contributed by atoms with Gasteiger partial charge in [0.05, 0.1) is 0 Å². The largest absolute Gasteiger partial charge is 0.462 e. The van der Waals surface area contributed by atoms with Crippen LogP contribution in [0.5, 0.6) is 0 Å². The Morgan fingerprint density at radius 1 is 0.284 bits per heavy atom. The smallest absolute Gasteiger partial charge is 0.306 e. The number of hydrogen-bond acceptors (Lipinski definition) is 6. The van der Waals surface area contributed by atoms with E-state index >= 15 is 0 Å². The van der Waals surface area contributed by atoms with E-state index in [9.17, 15) is 14.4 Å². The number of unbranched alkanes of at least 4 members (excludes halogenated alkanes) is 32. The monoisotopic (exact) mass is 1030 g/mol. The number of allylic oxidation sites excluding steroid dienone is 14. The second kappa shape index (κ2) is 62.1. The Kier molecular flexibility index (Phi) is 59.3. The number of ether oxygens (including phenoxy) is 3. The van der Waals surface area contributed by atoms with Crippen LogP contribution < -0.4 is 0 Å². The van der Waals surface area contributed by atoms with E-state index in [1.54, 1.807) is 0 Å². The summed E-state index contributed by atoms with van der Waals surface area (Å²) >= 11 is 0. The Hall–Kier alpha value is -3.41. The van der Waals surface area contributed by atoms with E-state index in [4.69, 9.17) is 14.2 Å². The van der Waals surface area contributed by atoms with Crippen molar-refractivity contribution in [3.05, 3.63) is 85.1 Å². The van der Waals surface area contributed by atoms with Gasteiger partial charge in [-0.25, -0.2) is 0 Å². The van der Waals surface area contributed by atoms with Crippen LogP contribution in [-0.2, 0) is 28.6 Å². The van der Waals surface area contributed by atoms with Crippen molar-refractivity contribution >= 4 is 17.9 Å². The third-order valence-corrected chi connectivity index (χ3v) is 13.6. The fraction of sp³-hybridized carbons (Fsp3) is 0.750. The van der Waals surface area contributed by atoms with Gasteiger partial charge in [-0.2, -0.15) is 0 Å². The molecule has 0 bridgehead atoms. The van der Waals surface area contributed by atoms with Crippen molar-refractivity contribution in [2.75, 3.05) is 13.2 Å². The zero-order valence-corrected chi connectivity index (χ0v) is 48.8. The minimum Gasteiger partial charge on any atom is -0.462 e. The summed E-state index contributed by atoms with van der Waals surface area (Å²) in [6.07, 6.45) is 81.5.